The Balaban J connectivity index is 2.86. The lowest BCUT2D eigenvalue weighted by molar-refractivity contribution is 0.0914. The molecule has 17 heavy (non-hydrogen) atoms. The number of hydrogen-bond acceptors (Lipinski definition) is 3. The number of nitrogens with two attached hydrogens (primary N) is 1. The fourth-order valence-electron chi connectivity index (χ4n) is 1.65. The van der Waals surface area contributed by atoms with E-state index in [1.807, 2.05) is 32.0 Å². The summed E-state index contributed by atoms with van der Waals surface area (Å²) in [6.45, 7) is 4.45. The van der Waals surface area contributed by atoms with Gasteiger partial charge in [0.1, 0.15) is 11.9 Å². The van der Waals surface area contributed by atoms with E-state index in [4.69, 9.17) is 26.8 Å². The SMILES string of the molecule is COCC(C)Oc1cccc(Cl)c1CC(C)N. The second kappa shape index (κ2) is 6.84. The highest BCUT2D eigenvalue weighted by Crippen LogP contribution is 2.28. The highest BCUT2D eigenvalue weighted by Gasteiger charge is 2.12. The van der Waals surface area contributed by atoms with Crippen LogP contribution in [0.5, 0.6) is 5.75 Å². The van der Waals surface area contributed by atoms with E-state index >= 15 is 0 Å². The summed E-state index contributed by atoms with van der Waals surface area (Å²) in [6.07, 6.45) is 0.694. The molecule has 0 heterocycles. The lowest BCUT2D eigenvalue weighted by Crippen LogP contribution is -2.21. The van der Waals surface area contributed by atoms with Crippen LogP contribution in [0.1, 0.15) is 19.4 Å². The van der Waals surface area contributed by atoms with Gasteiger partial charge in [-0.3, -0.25) is 0 Å². The van der Waals surface area contributed by atoms with Gasteiger partial charge in [0.05, 0.1) is 6.61 Å². The third-order valence-electron chi connectivity index (χ3n) is 2.33. The molecule has 0 aliphatic heterocycles. The van der Waals surface area contributed by atoms with Crippen LogP contribution in [0.3, 0.4) is 0 Å². The average Bonchev–Trinajstić information content (AvgIpc) is 2.23. The van der Waals surface area contributed by atoms with Crippen molar-refractivity contribution in [1.82, 2.24) is 0 Å². The van der Waals surface area contributed by atoms with Crippen LogP contribution >= 0.6 is 11.6 Å². The summed E-state index contributed by atoms with van der Waals surface area (Å²) in [4.78, 5) is 0. The van der Waals surface area contributed by atoms with Crippen molar-refractivity contribution >= 4 is 11.6 Å². The zero-order chi connectivity index (χ0) is 12.8. The van der Waals surface area contributed by atoms with Crippen LogP contribution in [0.25, 0.3) is 0 Å². The van der Waals surface area contributed by atoms with Crippen molar-refractivity contribution in [2.24, 2.45) is 5.73 Å². The molecule has 96 valence electrons. The van der Waals surface area contributed by atoms with Crippen molar-refractivity contribution < 1.29 is 9.47 Å². The molecule has 0 aliphatic carbocycles. The fraction of sp³-hybridized carbons (Fsp3) is 0.538. The minimum Gasteiger partial charge on any atom is -0.488 e. The van der Waals surface area contributed by atoms with Crippen LogP contribution in [-0.2, 0) is 11.2 Å². The van der Waals surface area contributed by atoms with Gasteiger partial charge in [-0.15, -0.1) is 0 Å². The van der Waals surface area contributed by atoms with E-state index in [2.05, 4.69) is 0 Å². The third-order valence-corrected chi connectivity index (χ3v) is 2.69. The Morgan fingerprint density at radius 1 is 1.35 bits per heavy atom. The van der Waals surface area contributed by atoms with Crippen molar-refractivity contribution in [2.75, 3.05) is 13.7 Å². The number of benzene rings is 1. The maximum Gasteiger partial charge on any atom is 0.124 e. The molecule has 3 nitrogen and oxygen atoms in total. The third kappa shape index (κ3) is 4.54. The molecular formula is C13H20ClNO2. The van der Waals surface area contributed by atoms with Gasteiger partial charge in [-0.05, 0) is 32.4 Å². The second-order valence-corrected chi connectivity index (χ2v) is 4.69. The summed E-state index contributed by atoms with van der Waals surface area (Å²) >= 11 is 6.17. The molecule has 0 saturated heterocycles. The molecule has 0 amide bonds. The van der Waals surface area contributed by atoms with Crippen LogP contribution in [-0.4, -0.2) is 25.9 Å². The van der Waals surface area contributed by atoms with Crippen LogP contribution in [0.15, 0.2) is 18.2 Å². The Hall–Kier alpha value is -0.770. The zero-order valence-corrected chi connectivity index (χ0v) is 11.3. The minimum atomic E-state index is -0.00898. The Labute approximate surface area is 108 Å². The fourth-order valence-corrected chi connectivity index (χ4v) is 1.90. The van der Waals surface area contributed by atoms with Crippen molar-refractivity contribution in [2.45, 2.75) is 32.4 Å². The van der Waals surface area contributed by atoms with Gasteiger partial charge in [0.25, 0.3) is 0 Å². The van der Waals surface area contributed by atoms with Crippen molar-refractivity contribution in [3.63, 3.8) is 0 Å². The second-order valence-electron chi connectivity index (χ2n) is 4.28. The van der Waals surface area contributed by atoms with E-state index in [0.29, 0.717) is 18.1 Å². The Kier molecular flexibility index (Phi) is 5.75. The van der Waals surface area contributed by atoms with Gasteiger partial charge in [-0.25, -0.2) is 0 Å². The highest BCUT2D eigenvalue weighted by molar-refractivity contribution is 6.31. The number of halogens is 1. The smallest absolute Gasteiger partial charge is 0.124 e. The molecule has 0 spiro atoms. The first-order valence-electron chi connectivity index (χ1n) is 5.73. The summed E-state index contributed by atoms with van der Waals surface area (Å²) in [5, 5.41) is 0.699. The summed E-state index contributed by atoms with van der Waals surface area (Å²) in [6, 6.07) is 5.69. The summed E-state index contributed by atoms with van der Waals surface area (Å²) < 4.78 is 10.8. The molecule has 0 fully saturated rings. The molecule has 2 N–H and O–H groups in total. The van der Waals surface area contributed by atoms with E-state index in [1.54, 1.807) is 7.11 Å². The van der Waals surface area contributed by atoms with E-state index in [1.165, 1.54) is 0 Å². The quantitative estimate of drug-likeness (QED) is 0.852. The number of hydrogen-bond donors (Lipinski definition) is 1. The standard InChI is InChI=1S/C13H20ClNO2/c1-9(15)7-11-12(14)5-4-6-13(11)17-10(2)8-16-3/h4-6,9-10H,7-8,15H2,1-3H3. The predicted octanol–water partition coefficient (Wildman–Crippen LogP) is 2.64. The Bertz CT molecular complexity index is 355. The molecule has 0 saturated carbocycles. The van der Waals surface area contributed by atoms with Gasteiger partial charge in [0, 0.05) is 23.7 Å². The minimum absolute atomic E-state index is 0.00898. The largest absolute Gasteiger partial charge is 0.488 e. The Morgan fingerprint density at radius 2 is 2.06 bits per heavy atom. The summed E-state index contributed by atoms with van der Waals surface area (Å²) in [5.41, 5.74) is 6.78. The first-order chi connectivity index (χ1) is 8.04. The molecule has 2 atom stereocenters. The lowest BCUT2D eigenvalue weighted by atomic mass is 10.1. The van der Waals surface area contributed by atoms with Crippen LogP contribution < -0.4 is 10.5 Å². The molecule has 0 bridgehead atoms. The van der Waals surface area contributed by atoms with Crippen molar-refractivity contribution in [3.05, 3.63) is 28.8 Å². The molecule has 0 radical (unpaired) electrons. The van der Waals surface area contributed by atoms with E-state index < -0.39 is 0 Å². The molecule has 1 aromatic carbocycles. The number of methoxy groups -OCH3 is 1. The van der Waals surface area contributed by atoms with Gasteiger partial charge < -0.3 is 15.2 Å². The topological polar surface area (TPSA) is 44.5 Å². The molecule has 1 rings (SSSR count). The molecule has 2 unspecified atom stereocenters. The summed E-state index contributed by atoms with van der Waals surface area (Å²) in [7, 11) is 1.65. The highest BCUT2D eigenvalue weighted by atomic mass is 35.5. The zero-order valence-electron chi connectivity index (χ0n) is 10.6. The Morgan fingerprint density at radius 3 is 2.65 bits per heavy atom. The lowest BCUT2D eigenvalue weighted by Gasteiger charge is -2.18. The van der Waals surface area contributed by atoms with Gasteiger partial charge in [-0.1, -0.05) is 17.7 Å². The van der Waals surface area contributed by atoms with Crippen LogP contribution in [0, 0.1) is 0 Å². The first-order valence-corrected chi connectivity index (χ1v) is 6.11. The monoisotopic (exact) mass is 257 g/mol. The van der Waals surface area contributed by atoms with Gasteiger partial charge in [-0.2, -0.15) is 0 Å². The maximum atomic E-state index is 6.17. The number of rotatable bonds is 6. The van der Waals surface area contributed by atoms with Crippen LogP contribution in [0.4, 0.5) is 0 Å². The maximum absolute atomic E-state index is 6.17. The molecular weight excluding hydrogens is 238 g/mol. The summed E-state index contributed by atoms with van der Waals surface area (Å²) in [5.74, 6) is 0.791. The van der Waals surface area contributed by atoms with Gasteiger partial charge >= 0.3 is 0 Å². The van der Waals surface area contributed by atoms with Crippen molar-refractivity contribution in [3.8, 4) is 5.75 Å². The van der Waals surface area contributed by atoms with Gasteiger partial charge in [0.2, 0.25) is 0 Å². The predicted molar refractivity (Wildman–Crippen MR) is 70.8 cm³/mol. The number of ether oxygens (including phenoxy) is 2. The molecule has 1 aromatic rings. The van der Waals surface area contributed by atoms with E-state index in [0.717, 1.165) is 11.3 Å². The normalized spacial score (nSPS) is 14.4. The van der Waals surface area contributed by atoms with Gasteiger partial charge in [0.15, 0.2) is 0 Å². The van der Waals surface area contributed by atoms with Crippen molar-refractivity contribution in [1.29, 1.82) is 0 Å². The molecule has 4 heteroatoms. The average molecular weight is 258 g/mol. The first kappa shape index (κ1) is 14.3. The molecule has 0 aromatic heterocycles. The van der Waals surface area contributed by atoms with Crippen LogP contribution in [0.2, 0.25) is 5.02 Å². The van der Waals surface area contributed by atoms with E-state index in [9.17, 15) is 0 Å². The van der Waals surface area contributed by atoms with E-state index in [-0.39, 0.29) is 12.1 Å². The molecule has 0 aliphatic rings.